The fourth-order valence-corrected chi connectivity index (χ4v) is 2.25. The predicted octanol–water partition coefficient (Wildman–Crippen LogP) is 1.78. The zero-order chi connectivity index (χ0) is 15.7. The molecular formula is C15H14FNO4. The van der Waals surface area contributed by atoms with Crippen molar-refractivity contribution >= 4 is 23.3 Å². The van der Waals surface area contributed by atoms with E-state index in [2.05, 4.69) is 6.58 Å². The first-order valence-electron chi connectivity index (χ1n) is 6.38. The molecule has 0 fully saturated rings. The number of halogens is 1. The van der Waals surface area contributed by atoms with Crippen molar-refractivity contribution in [1.82, 2.24) is 0 Å². The number of ether oxygens (including phenoxy) is 1. The van der Waals surface area contributed by atoms with Crippen LogP contribution in [0.1, 0.15) is 22.8 Å². The maximum Gasteiger partial charge on any atom is 0.335 e. The zero-order valence-electron chi connectivity index (χ0n) is 11.7. The molecule has 110 valence electrons. The number of carbonyl (C=O) groups is 3. The lowest BCUT2D eigenvalue weighted by Crippen LogP contribution is -2.33. The minimum atomic E-state index is -0.802. The van der Waals surface area contributed by atoms with Gasteiger partial charge in [0, 0.05) is 5.57 Å². The largest absolute Gasteiger partial charge is 0.463 e. The number of anilines is 1. The number of carbonyl (C=O) groups excluding carboxylic acids is 3. The van der Waals surface area contributed by atoms with Gasteiger partial charge in [-0.15, -0.1) is 0 Å². The first-order chi connectivity index (χ1) is 9.86. The molecule has 6 heteroatoms. The van der Waals surface area contributed by atoms with Crippen LogP contribution >= 0.6 is 0 Å². The topological polar surface area (TPSA) is 63.7 Å². The van der Waals surface area contributed by atoms with Crippen molar-refractivity contribution in [1.29, 1.82) is 0 Å². The van der Waals surface area contributed by atoms with Crippen molar-refractivity contribution in [3.05, 3.63) is 41.2 Å². The molecule has 0 saturated carbocycles. The van der Waals surface area contributed by atoms with Gasteiger partial charge in [0.2, 0.25) is 0 Å². The molecular weight excluding hydrogens is 277 g/mol. The van der Waals surface area contributed by atoms with E-state index in [1.807, 2.05) is 0 Å². The summed E-state index contributed by atoms with van der Waals surface area (Å²) in [6.45, 7) is 6.83. The number of benzene rings is 1. The fourth-order valence-electron chi connectivity index (χ4n) is 2.25. The van der Waals surface area contributed by atoms with E-state index in [1.165, 1.54) is 6.07 Å². The van der Waals surface area contributed by atoms with Crippen LogP contribution in [0.15, 0.2) is 24.3 Å². The summed E-state index contributed by atoms with van der Waals surface area (Å²) in [5.74, 6) is -2.81. The zero-order valence-corrected chi connectivity index (χ0v) is 11.7. The molecule has 5 nitrogen and oxygen atoms in total. The normalized spacial score (nSPS) is 13.4. The summed E-state index contributed by atoms with van der Waals surface area (Å²) in [6.07, 6.45) is 0. The minimum Gasteiger partial charge on any atom is -0.463 e. The van der Waals surface area contributed by atoms with Crippen molar-refractivity contribution in [2.75, 3.05) is 18.1 Å². The predicted molar refractivity (Wildman–Crippen MR) is 73.6 cm³/mol. The monoisotopic (exact) mass is 291 g/mol. The Balaban J connectivity index is 2.36. The Kier molecular flexibility index (Phi) is 3.88. The highest BCUT2D eigenvalue weighted by Crippen LogP contribution is 2.33. The number of aryl methyl sites for hydroxylation is 1. The molecule has 1 amide bonds. The Bertz CT molecular complexity index is 666. The van der Waals surface area contributed by atoms with Crippen LogP contribution in [0.4, 0.5) is 10.1 Å². The smallest absolute Gasteiger partial charge is 0.335 e. The lowest BCUT2D eigenvalue weighted by Gasteiger charge is -2.19. The molecule has 0 atom stereocenters. The quantitative estimate of drug-likeness (QED) is 0.482. The van der Waals surface area contributed by atoms with E-state index in [0.29, 0.717) is 11.3 Å². The van der Waals surface area contributed by atoms with E-state index in [4.69, 9.17) is 4.74 Å². The van der Waals surface area contributed by atoms with Gasteiger partial charge in [0.25, 0.3) is 11.7 Å². The summed E-state index contributed by atoms with van der Waals surface area (Å²) in [4.78, 5) is 36.6. The van der Waals surface area contributed by atoms with Crippen LogP contribution in [0.2, 0.25) is 0 Å². The van der Waals surface area contributed by atoms with Crippen molar-refractivity contribution in [2.45, 2.75) is 13.8 Å². The van der Waals surface area contributed by atoms with Gasteiger partial charge in [-0.25, -0.2) is 9.18 Å². The van der Waals surface area contributed by atoms with E-state index in [0.717, 1.165) is 11.0 Å². The number of hydrogen-bond donors (Lipinski definition) is 0. The Morgan fingerprint density at radius 1 is 1.38 bits per heavy atom. The molecule has 0 saturated heterocycles. The number of hydrogen-bond acceptors (Lipinski definition) is 4. The lowest BCUT2D eigenvalue weighted by molar-refractivity contribution is -0.138. The maximum absolute atomic E-state index is 13.4. The van der Waals surface area contributed by atoms with Crippen LogP contribution in [0.25, 0.3) is 0 Å². The van der Waals surface area contributed by atoms with Crippen LogP contribution in [-0.2, 0) is 14.3 Å². The number of esters is 1. The third-order valence-electron chi connectivity index (χ3n) is 3.13. The van der Waals surface area contributed by atoms with Gasteiger partial charge in [0.1, 0.15) is 5.82 Å². The third kappa shape index (κ3) is 2.56. The average molecular weight is 291 g/mol. The summed E-state index contributed by atoms with van der Waals surface area (Å²) >= 11 is 0. The van der Waals surface area contributed by atoms with Gasteiger partial charge in [0.15, 0.2) is 0 Å². The first kappa shape index (κ1) is 14.9. The Morgan fingerprint density at radius 2 is 2.05 bits per heavy atom. The van der Waals surface area contributed by atoms with Gasteiger partial charge < -0.3 is 4.74 Å². The Labute approximate surface area is 121 Å². The Morgan fingerprint density at radius 3 is 2.67 bits per heavy atom. The van der Waals surface area contributed by atoms with Crippen LogP contribution in [0, 0.1) is 12.7 Å². The van der Waals surface area contributed by atoms with E-state index >= 15 is 0 Å². The van der Waals surface area contributed by atoms with Crippen molar-refractivity contribution in [3.63, 3.8) is 0 Å². The summed E-state index contributed by atoms with van der Waals surface area (Å²) in [7, 11) is 0. The molecule has 21 heavy (non-hydrogen) atoms. The van der Waals surface area contributed by atoms with Gasteiger partial charge in [-0.05, 0) is 31.5 Å². The van der Waals surface area contributed by atoms with Crippen molar-refractivity contribution < 1.29 is 23.5 Å². The summed E-state index contributed by atoms with van der Waals surface area (Å²) in [5.41, 5.74) is 0.821. The average Bonchev–Trinajstić information content (AvgIpc) is 2.64. The highest BCUT2D eigenvalue weighted by molar-refractivity contribution is 6.52. The molecule has 2 rings (SSSR count). The van der Waals surface area contributed by atoms with Gasteiger partial charge >= 0.3 is 5.97 Å². The maximum atomic E-state index is 13.4. The molecule has 0 N–H and O–H groups in total. The molecule has 1 aromatic rings. The number of Topliss-reactive ketones (excluding diaryl/α,β-unsaturated/α-hetero) is 1. The molecule has 0 aromatic heterocycles. The van der Waals surface area contributed by atoms with Crippen LogP contribution in [0.3, 0.4) is 0 Å². The number of nitrogens with zero attached hydrogens (tertiary/aromatic N) is 1. The highest BCUT2D eigenvalue weighted by Gasteiger charge is 2.38. The van der Waals surface area contributed by atoms with E-state index < -0.39 is 23.5 Å². The van der Waals surface area contributed by atoms with Gasteiger partial charge in [0.05, 0.1) is 24.4 Å². The number of fused-ring (bicyclic) bond motifs is 1. The molecule has 0 spiro atoms. The van der Waals surface area contributed by atoms with E-state index in [-0.39, 0.29) is 24.3 Å². The molecule has 0 aliphatic carbocycles. The molecule has 1 aliphatic rings. The SMILES string of the molecule is C=C(CN1C(=O)C(=O)c2cc(F)cc(C)c21)C(=O)OCC. The molecule has 1 aliphatic heterocycles. The van der Waals surface area contributed by atoms with Crippen LogP contribution in [-0.4, -0.2) is 30.8 Å². The molecule has 1 aromatic carbocycles. The third-order valence-corrected chi connectivity index (χ3v) is 3.13. The molecule has 1 heterocycles. The van der Waals surface area contributed by atoms with E-state index in [1.54, 1.807) is 13.8 Å². The van der Waals surface area contributed by atoms with Gasteiger partial charge in [-0.1, -0.05) is 6.58 Å². The summed E-state index contributed by atoms with van der Waals surface area (Å²) in [5, 5.41) is 0. The number of rotatable bonds is 4. The fraction of sp³-hybridized carbons (Fsp3) is 0.267. The second-order valence-electron chi connectivity index (χ2n) is 4.66. The molecule has 0 bridgehead atoms. The standard InChI is InChI=1S/C15H14FNO4/c1-4-21-15(20)9(3)7-17-12-8(2)5-10(16)6-11(12)13(18)14(17)19/h5-6H,3-4,7H2,1-2H3. The molecule has 0 unspecified atom stereocenters. The number of amides is 1. The summed E-state index contributed by atoms with van der Waals surface area (Å²) < 4.78 is 18.2. The summed E-state index contributed by atoms with van der Waals surface area (Å²) in [6, 6.07) is 2.25. The van der Waals surface area contributed by atoms with E-state index in [9.17, 15) is 18.8 Å². The Hall–Kier alpha value is -2.50. The van der Waals surface area contributed by atoms with Crippen LogP contribution in [0.5, 0.6) is 0 Å². The van der Waals surface area contributed by atoms with Crippen LogP contribution < -0.4 is 4.90 Å². The van der Waals surface area contributed by atoms with Crippen molar-refractivity contribution in [3.8, 4) is 0 Å². The highest BCUT2D eigenvalue weighted by atomic mass is 19.1. The second kappa shape index (κ2) is 5.47. The lowest BCUT2D eigenvalue weighted by atomic mass is 10.1. The number of ketones is 1. The second-order valence-corrected chi connectivity index (χ2v) is 4.66. The first-order valence-corrected chi connectivity index (χ1v) is 6.38. The van der Waals surface area contributed by atoms with Crippen molar-refractivity contribution in [2.24, 2.45) is 0 Å². The molecule has 0 radical (unpaired) electrons. The van der Waals surface area contributed by atoms with Gasteiger partial charge in [-0.3, -0.25) is 14.5 Å². The van der Waals surface area contributed by atoms with Gasteiger partial charge in [-0.2, -0.15) is 0 Å². The minimum absolute atomic E-state index is 0.00848.